The Bertz CT molecular complexity index is 668. The highest BCUT2D eigenvalue weighted by Crippen LogP contribution is 2.24. The van der Waals surface area contributed by atoms with E-state index in [0.29, 0.717) is 6.61 Å². The molecule has 1 N–H and O–H groups in total. The smallest absolute Gasteiger partial charge is 0.412 e. The summed E-state index contributed by atoms with van der Waals surface area (Å²) in [4.78, 5) is 13.3. The fraction of sp³-hybridized carbons (Fsp3) is 0.560. The van der Waals surface area contributed by atoms with Crippen molar-refractivity contribution in [2.75, 3.05) is 11.9 Å². The third-order valence-corrected chi connectivity index (χ3v) is 6.16. The van der Waals surface area contributed by atoms with Gasteiger partial charge in [-0.25, -0.2) is 4.79 Å². The zero-order chi connectivity index (χ0) is 20.6. The first kappa shape index (κ1) is 23.5. The van der Waals surface area contributed by atoms with E-state index >= 15 is 0 Å². The number of aryl methyl sites for hydroxylation is 2. The second kappa shape index (κ2) is 15.1. The van der Waals surface area contributed by atoms with E-state index in [1.165, 1.54) is 61.8 Å². The van der Waals surface area contributed by atoms with Gasteiger partial charge in [0.15, 0.2) is 0 Å². The Kier molecular flexibility index (Phi) is 12.2. The van der Waals surface area contributed by atoms with Crippen molar-refractivity contribution in [2.45, 2.75) is 84.0 Å². The third-order valence-electron chi connectivity index (χ3n) is 5.10. The molecule has 3 nitrogen and oxygen atoms in total. The topological polar surface area (TPSA) is 38.3 Å². The van der Waals surface area contributed by atoms with Gasteiger partial charge in [0, 0.05) is 4.88 Å². The molecule has 1 amide bonds. The summed E-state index contributed by atoms with van der Waals surface area (Å²) in [5.41, 5.74) is 1.33. The van der Waals surface area contributed by atoms with Crippen molar-refractivity contribution in [2.24, 2.45) is 0 Å². The largest absolute Gasteiger partial charge is 0.449 e. The monoisotopic (exact) mass is 415 g/mol. The molecule has 1 aromatic heterocycles. The number of rotatable bonds is 15. The number of thiophene rings is 1. The van der Waals surface area contributed by atoms with E-state index in [1.54, 1.807) is 11.3 Å². The van der Waals surface area contributed by atoms with Crippen LogP contribution < -0.4 is 5.32 Å². The highest BCUT2D eigenvalue weighted by Gasteiger charge is 2.06. The maximum Gasteiger partial charge on any atom is 0.412 e. The molecule has 1 aromatic carbocycles. The average molecular weight is 416 g/mol. The van der Waals surface area contributed by atoms with E-state index in [9.17, 15) is 4.79 Å². The summed E-state index contributed by atoms with van der Waals surface area (Å²) >= 11 is 1.67. The Labute approximate surface area is 180 Å². The second-order valence-electron chi connectivity index (χ2n) is 7.69. The van der Waals surface area contributed by atoms with Crippen LogP contribution in [0.5, 0.6) is 0 Å². The molecule has 0 aliphatic heterocycles. The van der Waals surface area contributed by atoms with Gasteiger partial charge in [0.05, 0.1) is 11.6 Å². The highest BCUT2D eigenvalue weighted by atomic mass is 32.1. The molecule has 2 rings (SSSR count). The molecule has 0 atom stereocenters. The van der Waals surface area contributed by atoms with Gasteiger partial charge in [-0.1, -0.05) is 82.2 Å². The average Bonchev–Trinajstić information content (AvgIpc) is 3.17. The number of carbonyl (C=O) groups is 1. The summed E-state index contributed by atoms with van der Waals surface area (Å²) in [5.74, 6) is 0. The van der Waals surface area contributed by atoms with E-state index < -0.39 is 0 Å². The molecular weight excluding hydrogens is 378 g/mol. The molecule has 29 heavy (non-hydrogen) atoms. The van der Waals surface area contributed by atoms with Crippen LogP contribution in [0.15, 0.2) is 42.5 Å². The van der Waals surface area contributed by atoms with Crippen LogP contribution in [-0.4, -0.2) is 12.7 Å². The van der Waals surface area contributed by atoms with Gasteiger partial charge in [-0.2, -0.15) is 0 Å². The molecule has 0 aliphatic carbocycles. The van der Waals surface area contributed by atoms with Crippen LogP contribution in [0.3, 0.4) is 0 Å². The molecule has 0 radical (unpaired) electrons. The fourth-order valence-corrected chi connectivity index (χ4v) is 4.33. The molecule has 160 valence electrons. The Hall–Kier alpha value is -1.81. The van der Waals surface area contributed by atoms with Crippen LogP contribution in [0.2, 0.25) is 0 Å². The predicted octanol–water partition coefficient (Wildman–Crippen LogP) is 8.00. The number of nitrogens with one attached hydrogen (secondary N) is 1. The molecule has 0 saturated carbocycles. The molecule has 0 fully saturated rings. The van der Waals surface area contributed by atoms with Gasteiger partial charge >= 0.3 is 6.09 Å². The van der Waals surface area contributed by atoms with Crippen LogP contribution in [0, 0.1) is 0 Å². The number of unbranched alkanes of at least 4 members (excludes halogenated alkanes) is 8. The normalized spacial score (nSPS) is 10.8. The zero-order valence-electron chi connectivity index (χ0n) is 18.0. The number of carbonyl (C=O) groups excluding carboxylic acids is 1. The summed E-state index contributed by atoms with van der Waals surface area (Å²) in [6, 6.07) is 14.5. The first-order valence-corrected chi connectivity index (χ1v) is 12.2. The molecule has 2 aromatic rings. The Morgan fingerprint density at radius 2 is 1.52 bits per heavy atom. The summed E-state index contributed by atoms with van der Waals surface area (Å²) in [5, 5.41) is 3.74. The van der Waals surface area contributed by atoms with Gasteiger partial charge in [0.2, 0.25) is 0 Å². The van der Waals surface area contributed by atoms with E-state index in [4.69, 9.17) is 4.74 Å². The molecule has 4 heteroatoms. The second-order valence-corrected chi connectivity index (χ2v) is 8.86. The minimum absolute atomic E-state index is 0.342. The third kappa shape index (κ3) is 11.1. The van der Waals surface area contributed by atoms with Gasteiger partial charge < -0.3 is 4.74 Å². The quantitative estimate of drug-likeness (QED) is 0.299. The zero-order valence-corrected chi connectivity index (χ0v) is 18.8. The van der Waals surface area contributed by atoms with Gasteiger partial charge in [-0.05, 0) is 49.8 Å². The van der Waals surface area contributed by atoms with Crippen molar-refractivity contribution < 1.29 is 9.53 Å². The summed E-state index contributed by atoms with van der Waals surface area (Å²) in [6.07, 6.45) is 14.4. The molecule has 0 spiro atoms. The van der Waals surface area contributed by atoms with Crippen LogP contribution >= 0.6 is 11.3 Å². The Morgan fingerprint density at radius 3 is 2.28 bits per heavy atom. The van der Waals surface area contributed by atoms with Gasteiger partial charge in [-0.15, -0.1) is 11.3 Å². The van der Waals surface area contributed by atoms with Gasteiger partial charge in [-0.3, -0.25) is 5.32 Å². The van der Waals surface area contributed by atoms with E-state index in [0.717, 1.165) is 30.7 Å². The van der Waals surface area contributed by atoms with Gasteiger partial charge in [0.25, 0.3) is 0 Å². The maximum absolute atomic E-state index is 11.9. The number of hydrogen-bond donors (Lipinski definition) is 1. The van der Waals surface area contributed by atoms with E-state index in [-0.39, 0.29) is 6.09 Å². The molecular formula is C25H37NO2S. The standard InChI is InChI=1S/C25H37NO2S/c1-2-3-4-5-6-7-8-12-18-23-19-20-24(29-23)26-25(27)28-21-14-13-17-22-15-10-9-11-16-22/h9-11,15-16,19-20H,2-8,12-14,17-18,21H2,1H3,(H,26,27). The van der Waals surface area contributed by atoms with Crippen LogP contribution in [0.1, 0.15) is 81.6 Å². The lowest BCUT2D eigenvalue weighted by atomic mass is 10.1. The number of ether oxygens (including phenoxy) is 1. The molecule has 0 saturated heterocycles. The highest BCUT2D eigenvalue weighted by molar-refractivity contribution is 7.16. The van der Waals surface area contributed by atoms with Crippen molar-refractivity contribution >= 4 is 22.4 Å². The van der Waals surface area contributed by atoms with Crippen LogP contribution in [-0.2, 0) is 17.6 Å². The van der Waals surface area contributed by atoms with Crippen molar-refractivity contribution in [3.63, 3.8) is 0 Å². The SMILES string of the molecule is CCCCCCCCCCc1ccc(NC(=O)OCCCCc2ccccc2)s1. The van der Waals surface area contributed by atoms with E-state index in [2.05, 4.69) is 42.6 Å². The van der Waals surface area contributed by atoms with Crippen molar-refractivity contribution in [3.8, 4) is 0 Å². The Morgan fingerprint density at radius 1 is 0.828 bits per heavy atom. The van der Waals surface area contributed by atoms with Crippen LogP contribution in [0.4, 0.5) is 9.80 Å². The summed E-state index contributed by atoms with van der Waals surface area (Å²) < 4.78 is 5.30. The molecule has 0 aliphatic rings. The van der Waals surface area contributed by atoms with Crippen molar-refractivity contribution in [3.05, 3.63) is 52.9 Å². The van der Waals surface area contributed by atoms with E-state index in [1.807, 2.05) is 12.1 Å². The lowest BCUT2D eigenvalue weighted by Gasteiger charge is -2.05. The minimum atomic E-state index is -0.342. The summed E-state index contributed by atoms with van der Waals surface area (Å²) in [7, 11) is 0. The first-order chi connectivity index (χ1) is 14.3. The van der Waals surface area contributed by atoms with Crippen LogP contribution in [0.25, 0.3) is 0 Å². The Balaban J connectivity index is 1.49. The predicted molar refractivity (Wildman–Crippen MR) is 125 cm³/mol. The number of amides is 1. The fourth-order valence-electron chi connectivity index (χ4n) is 3.39. The number of hydrogen-bond acceptors (Lipinski definition) is 3. The lowest BCUT2D eigenvalue weighted by molar-refractivity contribution is 0.159. The van der Waals surface area contributed by atoms with Gasteiger partial charge in [0.1, 0.15) is 0 Å². The molecule has 0 bridgehead atoms. The van der Waals surface area contributed by atoms with Crippen molar-refractivity contribution in [1.82, 2.24) is 0 Å². The number of benzene rings is 1. The lowest BCUT2D eigenvalue weighted by Crippen LogP contribution is -2.13. The molecule has 0 unspecified atom stereocenters. The van der Waals surface area contributed by atoms with Crippen molar-refractivity contribution in [1.29, 1.82) is 0 Å². The summed E-state index contributed by atoms with van der Waals surface area (Å²) in [6.45, 7) is 2.73. The maximum atomic E-state index is 11.9. The minimum Gasteiger partial charge on any atom is -0.449 e. The number of anilines is 1. The molecule has 1 heterocycles. The first-order valence-electron chi connectivity index (χ1n) is 11.3.